The van der Waals surface area contributed by atoms with Crippen LogP contribution < -0.4 is 16.0 Å². The standard InChI is InChI=1S/C19H16NP/c1-2-16-10-9-15-20-19(16)21(17-11-5-3-6-12-17)18-13-7-4-8-14-18/h2-15H,1H2. The van der Waals surface area contributed by atoms with E-state index in [9.17, 15) is 0 Å². The smallest absolute Gasteiger partial charge is 0.0792 e. The number of pyridine rings is 1. The Balaban J connectivity index is 2.20. The topological polar surface area (TPSA) is 12.9 Å². The Morgan fingerprint density at radius 1 is 0.762 bits per heavy atom. The average Bonchev–Trinajstić information content (AvgIpc) is 2.58. The monoisotopic (exact) mass is 289 g/mol. The van der Waals surface area contributed by atoms with E-state index in [1.54, 1.807) is 0 Å². The minimum atomic E-state index is -0.655. The molecule has 0 N–H and O–H groups in total. The third kappa shape index (κ3) is 2.94. The quantitative estimate of drug-likeness (QED) is 0.670. The zero-order valence-electron chi connectivity index (χ0n) is 11.7. The second-order valence-corrected chi connectivity index (χ2v) is 6.75. The van der Waals surface area contributed by atoms with E-state index in [4.69, 9.17) is 0 Å². The van der Waals surface area contributed by atoms with Crippen LogP contribution in [-0.4, -0.2) is 4.98 Å². The summed E-state index contributed by atoms with van der Waals surface area (Å²) in [7, 11) is -0.655. The van der Waals surface area contributed by atoms with Crippen molar-refractivity contribution in [1.82, 2.24) is 4.98 Å². The Hall–Kier alpha value is -2.24. The fraction of sp³-hybridized carbons (Fsp3) is 0. The van der Waals surface area contributed by atoms with Gasteiger partial charge in [0.05, 0.1) is 5.44 Å². The summed E-state index contributed by atoms with van der Waals surface area (Å²) in [6, 6.07) is 25.2. The molecule has 1 heterocycles. The van der Waals surface area contributed by atoms with Crippen LogP contribution in [0.5, 0.6) is 0 Å². The summed E-state index contributed by atoms with van der Waals surface area (Å²) in [6.07, 6.45) is 3.76. The molecule has 21 heavy (non-hydrogen) atoms. The highest BCUT2D eigenvalue weighted by Crippen LogP contribution is 2.33. The number of nitrogens with zero attached hydrogens (tertiary/aromatic N) is 1. The lowest BCUT2D eigenvalue weighted by atomic mass is 10.3. The van der Waals surface area contributed by atoms with Crippen molar-refractivity contribution in [3.05, 3.63) is 91.1 Å². The van der Waals surface area contributed by atoms with E-state index >= 15 is 0 Å². The Kier molecular flexibility index (Phi) is 4.23. The van der Waals surface area contributed by atoms with Crippen LogP contribution in [0.1, 0.15) is 5.56 Å². The molecule has 2 aromatic carbocycles. The zero-order chi connectivity index (χ0) is 14.5. The molecule has 0 fully saturated rings. The summed E-state index contributed by atoms with van der Waals surface area (Å²) in [5.74, 6) is 0. The van der Waals surface area contributed by atoms with Crippen LogP contribution in [0.3, 0.4) is 0 Å². The molecule has 0 amide bonds. The van der Waals surface area contributed by atoms with Gasteiger partial charge in [-0.05, 0) is 16.7 Å². The molecule has 3 aromatic rings. The van der Waals surface area contributed by atoms with Crippen LogP contribution in [0.15, 0.2) is 85.6 Å². The average molecular weight is 289 g/mol. The number of hydrogen-bond acceptors (Lipinski definition) is 1. The van der Waals surface area contributed by atoms with Gasteiger partial charge in [0.15, 0.2) is 0 Å². The summed E-state index contributed by atoms with van der Waals surface area (Å²) >= 11 is 0. The minimum Gasteiger partial charge on any atom is -0.255 e. The highest BCUT2D eigenvalue weighted by Gasteiger charge is 2.19. The molecular weight excluding hydrogens is 273 g/mol. The summed E-state index contributed by atoms with van der Waals surface area (Å²) in [4.78, 5) is 4.66. The van der Waals surface area contributed by atoms with Crippen molar-refractivity contribution in [2.24, 2.45) is 0 Å². The van der Waals surface area contributed by atoms with Crippen LogP contribution in [0.2, 0.25) is 0 Å². The molecule has 0 bridgehead atoms. The van der Waals surface area contributed by atoms with Crippen LogP contribution in [0, 0.1) is 0 Å². The molecule has 0 aliphatic heterocycles. The van der Waals surface area contributed by atoms with E-state index in [0.29, 0.717) is 0 Å². The zero-order valence-corrected chi connectivity index (χ0v) is 12.6. The van der Waals surface area contributed by atoms with E-state index in [1.807, 2.05) is 18.3 Å². The van der Waals surface area contributed by atoms with Gasteiger partial charge in [0.25, 0.3) is 0 Å². The van der Waals surface area contributed by atoms with Crippen LogP contribution in [0.4, 0.5) is 0 Å². The van der Waals surface area contributed by atoms with E-state index in [2.05, 4.69) is 78.3 Å². The lowest BCUT2D eigenvalue weighted by molar-refractivity contribution is 1.38. The molecule has 1 aromatic heterocycles. The fourth-order valence-corrected chi connectivity index (χ4v) is 4.64. The SMILES string of the molecule is C=Cc1cccnc1P(c1ccccc1)c1ccccc1. The lowest BCUT2D eigenvalue weighted by Crippen LogP contribution is -2.24. The molecule has 2 heteroatoms. The van der Waals surface area contributed by atoms with Gasteiger partial charge in [-0.2, -0.15) is 0 Å². The highest BCUT2D eigenvalue weighted by atomic mass is 31.1. The third-order valence-corrected chi connectivity index (χ3v) is 5.70. The molecule has 0 unspecified atom stereocenters. The number of rotatable bonds is 4. The van der Waals surface area contributed by atoms with E-state index in [0.717, 1.165) is 11.0 Å². The largest absolute Gasteiger partial charge is 0.255 e. The molecule has 0 saturated heterocycles. The maximum atomic E-state index is 4.66. The molecule has 0 atom stereocenters. The number of aromatic nitrogens is 1. The third-order valence-electron chi connectivity index (χ3n) is 3.28. The fourth-order valence-electron chi connectivity index (χ4n) is 2.30. The number of benzene rings is 2. The maximum absolute atomic E-state index is 4.66. The summed E-state index contributed by atoms with van der Waals surface area (Å²) in [6.45, 7) is 3.93. The second-order valence-electron chi connectivity index (χ2n) is 4.63. The molecule has 0 aliphatic carbocycles. The normalized spacial score (nSPS) is 10.5. The van der Waals surface area contributed by atoms with Gasteiger partial charge in [-0.1, -0.05) is 79.4 Å². The van der Waals surface area contributed by atoms with Crippen molar-refractivity contribution >= 4 is 30.0 Å². The summed E-state index contributed by atoms with van der Waals surface area (Å²) in [5.41, 5.74) is 2.22. The first-order valence-corrected chi connectivity index (χ1v) is 8.22. The van der Waals surface area contributed by atoms with Crippen LogP contribution >= 0.6 is 7.92 Å². The van der Waals surface area contributed by atoms with Gasteiger partial charge in [0.1, 0.15) is 0 Å². The van der Waals surface area contributed by atoms with Gasteiger partial charge in [-0.3, -0.25) is 4.98 Å². The van der Waals surface area contributed by atoms with Crippen molar-refractivity contribution < 1.29 is 0 Å². The van der Waals surface area contributed by atoms with E-state index in [-0.39, 0.29) is 0 Å². The molecule has 0 radical (unpaired) electrons. The maximum Gasteiger partial charge on any atom is 0.0792 e. The van der Waals surface area contributed by atoms with Crippen molar-refractivity contribution in [3.8, 4) is 0 Å². The van der Waals surface area contributed by atoms with E-state index < -0.39 is 7.92 Å². The van der Waals surface area contributed by atoms with Gasteiger partial charge < -0.3 is 0 Å². The van der Waals surface area contributed by atoms with Gasteiger partial charge in [-0.15, -0.1) is 0 Å². The van der Waals surface area contributed by atoms with Crippen LogP contribution in [0.25, 0.3) is 6.08 Å². The first-order valence-electron chi connectivity index (χ1n) is 6.88. The molecule has 0 aliphatic rings. The van der Waals surface area contributed by atoms with Gasteiger partial charge in [-0.25, -0.2) is 0 Å². The second kappa shape index (κ2) is 6.47. The Morgan fingerprint density at radius 2 is 1.33 bits per heavy atom. The van der Waals surface area contributed by atoms with Gasteiger partial charge in [0.2, 0.25) is 0 Å². The minimum absolute atomic E-state index is 0.655. The molecule has 0 spiro atoms. The van der Waals surface area contributed by atoms with Gasteiger partial charge >= 0.3 is 0 Å². The molecular formula is C19H16NP. The first kappa shape index (κ1) is 13.7. The summed E-state index contributed by atoms with van der Waals surface area (Å²) in [5, 5.41) is 2.61. The summed E-state index contributed by atoms with van der Waals surface area (Å²) < 4.78 is 0. The molecule has 0 saturated carbocycles. The predicted octanol–water partition coefficient (Wildman–Crippen LogP) is 3.48. The van der Waals surface area contributed by atoms with Crippen molar-refractivity contribution in [2.45, 2.75) is 0 Å². The number of hydrogen-bond donors (Lipinski definition) is 0. The van der Waals surface area contributed by atoms with Crippen molar-refractivity contribution in [2.75, 3.05) is 0 Å². The van der Waals surface area contributed by atoms with Gasteiger partial charge in [0, 0.05) is 19.7 Å². The molecule has 3 rings (SSSR count). The Bertz CT molecular complexity index is 683. The predicted molar refractivity (Wildman–Crippen MR) is 93.0 cm³/mol. The van der Waals surface area contributed by atoms with E-state index in [1.165, 1.54) is 10.6 Å². The Labute approximate surface area is 126 Å². The van der Waals surface area contributed by atoms with Crippen molar-refractivity contribution in [3.63, 3.8) is 0 Å². The first-order chi connectivity index (χ1) is 10.4. The molecule has 102 valence electrons. The highest BCUT2D eigenvalue weighted by molar-refractivity contribution is 7.79. The Morgan fingerprint density at radius 3 is 1.86 bits per heavy atom. The van der Waals surface area contributed by atoms with Crippen molar-refractivity contribution in [1.29, 1.82) is 0 Å². The molecule has 1 nitrogen and oxygen atoms in total. The van der Waals surface area contributed by atoms with Crippen LogP contribution in [-0.2, 0) is 0 Å². The lowest BCUT2D eigenvalue weighted by Gasteiger charge is -2.19.